The van der Waals surface area contributed by atoms with Crippen LogP contribution in [0.3, 0.4) is 0 Å². The molecule has 3 N–H and O–H groups in total. The number of nitrogens with zero attached hydrogens (tertiary/aromatic N) is 1. The van der Waals surface area contributed by atoms with Crippen molar-refractivity contribution in [1.29, 1.82) is 0 Å². The number of likely N-dealkylation sites (tertiary alicyclic amines) is 1. The number of carbonyl (C=O) groups is 2. The van der Waals surface area contributed by atoms with Gasteiger partial charge in [-0.05, 0) is 19.8 Å². The van der Waals surface area contributed by atoms with E-state index in [1.54, 1.807) is 4.90 Å². The summed E-state index contributed by atoms with van der Waals surface area (Å²) in [4.78, 5) is 24.5. The highest BCUT2D eigenvalue weighted by molar-refractivity contribution is 5.91. The Labute approximate surface area is 82.6 Å². The van der Waals surface area contributed by atoms with E-state index in [0.29, 0.717) is 13.0 Å². The molecule has 5 heteroatoms. The lowest BCUT2D eigenvalue weighted by atomic mass is 10.2. The zero-order valence-electron chi connectivity index (χ0n) is 8.19. The van der Waals surface area contributed by atoms with E-state index >= 15 is 0 Å². The minimum Gasteiger partial charge on any atom is -0.368 e. The van der Waals surface area contributed by atoms with Crippen molar-refractivity contribution in [3.8, 4) is 0 Å². The van der Waals surface area contributed by atoms with Gasteiger partial charge in [-0.2, -0.15) is 0 Å². The maximum absolute atomic E-state index is 11.8. The summed E-state index contributed by atoms with van der Waals surface area (Å²) in [7, 11) is 0. The van der Waals surface area contributed by atoms with Gasteiger partial charge >= 0.3 is 0 Å². The summed E-state index contributed by atoms with van der Waals surface area (Å²) in [5.41, 5.74) is 5.23. The summed E-state index contributed by atoms with van der Waals surface area (Å²) in [5.74, 6) is -0.358. The fraction of sp³-hybridized carbons (Fsp3) is 0.778. The van der Waals surface area contributed by atoms with Gasteiger partial charge in [-0.15, -0.1) is 0 Å². The molecule has 2 aliphatic heterocycles. The van der Waals surface area contributed by atoms with Crippen LogP contribution in [0.25, 0.3) is 0 Å². The van der Waals surface area contributed by atoms with Crippen molar-refractivity contribution in [2.24, 2.45) is 5.73 Å². The van der Waals surface area contributed by atoms with Gasteiger partial charge in [-0.25, -0.2) is 0 Å². The molecule has 0 radical (unpaired) electrons. The summed E-state index contributed by atoms with van der Waals surface area (Å²) < 4.78 is 0. The predicted molar refractivity (Wildman–Crippen MR) is 50.3 cm³/mol. The molecule has 78 valence electrons. The molecule has 0 saturated carbocycles. The van der Waals surface area contributed by atoms with Gasteiger partial charge in [0.25, 0.3) is 0 Å². The first-order valence-electron chi connectivity index (χ1n) is 4.97. The Kier molecular flexibility index (Phi) is 2.19. The lowest BCUT2D eigenvalue weighted by Gasteiger charge is -2.21. The van der Waals surface area contributed by atoms with E-state index in [1.807, 2.05) is 6.92 Å². The number of hydrogen-bond acceptors (Lipinski definition) is 3. The number of primary amides is 1. The molecule has 2 rings (SSSR count). The minimum absolute atomic E-state index is 0.0267. The summed E-state index contributed by atoms with van der Waals surface area (Å²) in [6.45, 7) is 2.62. The molecule has 2 fully saturated rings. The molecule has 0 spiro atoms. The van der Waals surface area contributed by atoms with E-state index in [-0.39, 0.29) is 29.9 Å². The second-order valence-corrected chi connectivity index (χ2v) is 4.03. The molecule has 0 bridgehead atoms. The summed E-state index contributed by atoms with van der Waals surface area (Å²) in [6.07, 6.45) is 1.59. The van der Waals surface area contributed by atoms with Crippen LogP contribution in [0.2, 0.25) is 0 Å². The van der Waals surface area contributed by atoms with Crippen LogP contribution >= 0.6 is 0 Å². The lowest BCUT2D eigenvalue weighted by molar-refractivity contribution is -0.136. The Morgan fingerprint density at radius 1 is 1.50 bits per heavy atom. The van der Waals surface area contributed by atoms with Gasteiger partial charge in [0, 0.05) is 12.6 Å². The van der Waals surface area contributed by atoms with Crippen molar-refractivity contribution >= 4 is 11.8 Å². The number of amides is 2. The number of hydrogen-bond donors (Lipinski definition) is 2. The Morgan fingerprint density at radius 3 is 2.64 bits per heavy atom. The monoisotopic (exact) mass is 197 g/mol. The maximum atomic E-state index is 11.8. The summed E-state index contributed by atoms with van der Waals surface area (Å²) in [6, 6.07) is -0.219. The molecule has 2 amide bonds. The fourth-order valence-corrected chi connectivity index (χ4v) is 2.02. The standard InChI is InChI=1S/C9H15N3O2/c1-5-7(11-5)9(14)12-4-2-3-6(12)8(10)13/h5-7,11H,2-4H2,1H3,(H2,10,13)/t5?,6-,7-/m0/s1. The molecule has 3 atom stereocenters. The van der Waals surface area contributed by atoms with Crippen molar-refractivity contribution < 1.29 is 9.59 Å². The van der Waals surface area contributed by atoms with E-state index in [2.05, 4.69) is 5.32 Å². The van der Waals surface area contributed by atoms with Gasteiger partial charge in [0.05, 0.1) is 0 Å². The summed E-state index contributed by atoms with van der Waals surface area (Å²) >= 11 is 0. The molecule has 2 heterocycles. The predicted octanol–water partition coefficient (Wildman–Crippen LogP) is -1.18. The average Bonchev–Trinajstić information content (AvgIpc) is 2.69. The molecule has 5 nitrogen and oxygen atoms in total. The highest BCUT2D eigenvalue weighted by Crippen LogP contribution is 2.22. The second-order valence-electron chi connectivity index (χ2n) is 4.03. The van der Waals surface area contributed by atoms with Crippen LogP contribution in [-0.2, 0) is 9.59 Å². The highest BCUT2D eigenvalue weighted by atomic mass is 16.2. The fourth-order valence-electron chi connectivity index (χ4n) is 2.02. The Morgan fingerprint density at radius 2 is 2.14 bits per heavy atom. The maximum Gasteiger partial charge on any atom is 0.242 e. The van der Waals surface area contributed by atoms with Crippen LogP contribution in [0.5, 0.6) is 0 Å². The normalized spacial score (nSPS) is 35.8. The molecule has 0 aromatic carbocycles. The zero-order chi connectivity index (χ0) is 10.3. The molecule has 2 aliphatic rings. The molecule has 2 saturated heterocycles. The first kappa shape index (κ1) is 9.45. The first-order valence-corrected chi connectivity index (χ1v) is 4.97. The van der Waals surface area contributed by atoms with Gasteiger partial charge in [0.15, 0.2) is 0 Å². The van der Waals surface area contributed by atoms with Crippen LogP contribution < -0.4 is 11.1 Å². The lowest BCUT2D eigenvalue weighted by Crippen LogP contribution is -2.46. The Balaban J connectivity index is 2.02. The zero-order valence-corrected chi connectivity index (χ0v) is 8.19. The van der Waals surface area contributed by atoms with Crippen molar-refractivity contribution in [3.05, 3.63) is 0 Å². The van der Waals surface area contributed by atoms with Crippen molar-refractivity contribution in [2.75, 3.05) is 6.54 Å². The van der Waals surface area contributed by atoms with Crippen LogP contribution in [0.1, 0.15) is 19.8 Å². The van der Waals surface area contributed by atoms with E-state index < -0.39 is 0 Å². The van der Waals surface area contributed by atoms with Gasteiger partial charge in [0.2, 0.25) is 11.8 Å². The minimum atomic E-state index is -0.385. The van der Waals surface area contributed by atoms with Crippen molar-refractivity contribution in [3.63, 3.8) is 0 Å². The highest BCUT2D eigenvalue weighted by Gasteiger charge is 2.44. The number of carbonyl (C=O) groups excluding carboxylic acids is 2. The first-order chi connectivity index (χ1) is 6.61. The average molecular weight is 197 g/mol. The Bertz CT molecular complexity index is 279. The van der Waals surface area contributed by atoms with Gasteiger partial charge in [-0.3, -0.25) is 14.9 Å². The largest absolute Gasteiger partial charge is 0.368 e. The number of nitrogens with one attached hydrogen (secondary N) is 1. The Hall–Kier alpha value is -1.10. The van der Waals surface area contributed by atoms with Gasteiger partial charge in [0.1, 0.15) is 12.1 Å². The van der Waals surface area contributed by atoms with E-state index in [1.165, 1.54) is 0 Å². The molecule has 1 unspecified atom stereocenters. The quantitative estimate of drug-likeness (QED) is 0.546. The molecular formula is C9H15N3O2. The molecule has 0 aliphatic carbocycles. The van der Waals surface area contributed by atoms with Gasteiger partial charge in [-0.1, -0.05) is 0 Å². The van der Waals surface area contributed by atoms with Gasteiger partial charge < -0.3 is 10.6 Å². The van der Waals surface area contributed by atoms with Crippen molar-refractivity contribution in [2.45, 2.75) is 37.9 Å². The molecule has 14 heavy (non-hydrogen) atoms. The topological polar surface area (TPSA) is 85.3 Å². The number of nitrogens with two attached hydrogens (primary N) is 1. The smallest absolute Gasteiger partial charge is 0.242 e. The molecule has 0 aromatic rings. The second kappa shape index (κ2) is 3.24. The van der Waals surface area contributed by atoms with Crippen LogP contribution in [0.15, 0.2) is 0 Å². The summed E-state index contributed by atoms with van der Waals surface area (Å²) in [5, 5.41) is 3.02. The van der Waals surface area contributed by atoms with Crippen LogP contribution in [0.4, 0.5) is 0 Å². The molecule has 0 aromatic heterocycles. The van der Waals surface area contributed by atoms with E-state index in [9.17, 15) is 9.59 Å². The third kappa shape index (κ3) is 1.48. The van der Waals surface area contributed by atoms with E-state index in [0.717, 1.165) is 6.42 Å². The van der Waals surface area contributed by atoms with Crippen molar-refractivity contribution in [1.82, 2.24) is 10.2 Å². The molecular weight excluding hydrogens is 182 g/mol. The third-order valence-corrected chi connectivity index (χ3v) is 2.96. The van der Waals surface area contributed by atoms with Crippen LogP contribution in [-0.4, -0.2) is 41.4 Å². The van der Waals surface area contributed by atoms with E-state index in [4.69, 9.17) is 5.73 Å². The number of rotatable bonds is 2. The van der Waals surface area contributed by atoms with Crippen LogP contribution in [0, 0.1) is 0 Å². The third-order valence-electron chi connectivity index (χ3n) is 2.96. The SMILES string of the molecule is CC1N[C@@H]1C(=O)N1CCC[C@H]1C(N)=O.